The molecule has 3 rings (SSSR count). The van der Waals surface area contributed by atoms with E-state index in [2.05, 4.69) is 20.5 Å². The largest absolute Gasteiger partial charge is 0.459 e. The first-order valence-corrected chi connectivity index (χ1v) is 6.10. The summed E-state index contributed by atoms with van der Waals surface area (Å²) < 4.78 is 5.29. The predicted molar refractivity (Wildman–Crippen MR) is 71.7 cm³/mol. The van der Waals surface area contributed by atoms with E-state index in [1.54, 1.807) is 6.07 Å². The number of amides is 1. The van der Waals surface area contributed by atoms with Crippen LogP contribution in [0.25, 0.3) is 11.1 Å². The van der Waals surface area contributed by atoms with E-state index < -0.39 is 0 Å². The molecule has 6 nitrogen and oxygen atoms in total. The van der Waals surface area contributed by atoms with Crippen LogP contribution in [0.1, 0.15) is 16.4 Å². The van der Waals surface area contributed by atoms with Gasteiger partial charge in [0.15, 0.2) is 5.76 Å². The van der Waals surface area contributed by atoms with Gasteiger partial charge in [0.05, 0.1) is 12.8 Å². The average Bonchev–Trinajstić information content (AvgIpc) is 3.17. The van der Waals surface area contributed by atoms with Gasteiger partial charge in [-0.3, -0.25) is 9.89 Å². The fourth-order valence-electron chi connectivity index (χ4n) is 1.89. The van der Waals surface area contributed by atoms with Crippen LogP contribution in [0.2, 0.25) is 0 Å². The highest BCUT2D eigenvalue weighted by Gasteiger charge is 2.16. The van der Waals surface area contributed by atoms with Crippen molar-refractivity contribution in [1.29, 1.82) is 0 Å². The summed E-state index contributed by atoms with van der Waals surface area (Å²) in [6, 6.07) is 11.4. The Morgan fingerprint density at radius 3 is 2.85 bits per heavy atom. The topological polar surface area (TPSA) is 83.8 Å². The minimum absolute atomic E-state index is 0.272. The monoisotopic (exact) mass is 268 g/mol. The molecule has 6 heteroatoms. The average molecular weight is 268 g/mol. The Hall–Kier alpha value is -2.89. The van der Waals surface area contributed by atoms with Crippen molar-refractivity contribution in [2.24, 2.45) is 0 Å². The van der Waals surface area contributed by atoms with Gasteiger partial charge in [-0.25, -0.2) is 4.98 Å². The summed E-state index contributed by atoms with van der Waals surface area (Å²) in [7, 11) is 0. The fourth-order valence-corrected chi connectivity index (χ4v) is 1.89. The first-order chi connectivity index (χ1) is 9.84. The van der Waals surface area contributed by atoms with Gasteiger partial charge in [0, 0.05) is 5.56 Å². The van der Waals surface area contributed by atoms with Gasteiger partial charge in [0.25, 0.3) is 5.91 Å². The lowest BCUT2D eigenvalue weighted by Gasteiger charge is -2.03. The van der Waals surface area contributed by atoms with Crippen molar-refractivity contribution < 1.29 is 9.21 Å². The lowest BCUT2D eigenvalue weighted by Crippen LogP contribution is -2.23. The van der Waals surface area contributed by atoms with Crippen molar-refractivity contribution in [1.82, 2.24) is 20.5 Å². The van der Waals surface area contributed by atoms with Gasteiger partial charge in [0.1, 0.15) is 12.2 Å². The highest BCUT2D eigenvalue weighted by molar-refractivity contribution is 5.98. The molecule has 2 aromatic heterocycles. The molecule has 0 aliphatic carbocycles. The van der Waals surface area contributed by atoms with Gasteiger partial charge < -0.3 is 9.73 Å². The van der Waals surface area contributed by atoms with Gasteiger partial charge in [0.2, 0.25) is 0 Å². The number of nitrogens with zero attached hydrogens (tertiary/aromatic N) is 2. The first-order valence-electron chi connectivity index (χ1n) is 6.10. The van der Waals surface area contributed by atoms with Gasteiger partial charge in [-0.2, -0.15) is 5.10 Å². The molecule has 3 aromatic rings. The van der Waals surface area contributed by atoms with Gasteiger partial charge in [-0.05, 0) is 11.6 Å². The Bertz CT molecular complexity index is 689. The summed E-state index contributed by atoms with van der Waals surface area (Å²) in [4.78, 5) is 16.1. The molecule has 0 radical (unpaired) electrons. The van der Waals surface area contributed by atoms with Crippen molar-refractivity contribution in [2.75, 3.05) is 0 Å². The molecule has 0 fully saturated rings. The molecule has 1 amide bonds. The van der Waals surface area contributed by atoms with Crippen molar-refractivity contribution in [3.63, 3.8) is 0 Å². The van der Waals surface area contributed by atoms with E-state index in [4.69, 9.17) is 4.42 Å². The van der Waals surface area contributed by atoms with Crippen LogP contribution in [0, 0.1) is 0 Å². The van der Waals surface area contributed by atoms with Crippen molar-refractivity contribution in [3.8, 4) is 11.1 Å². The second kappa shape index (κ2) is 5.40. The Kier molecular flexibility index (Phi) is 3.28. The molecule has 0 unspecified atom stereocenters. The highest BCUT2D eigenvalue weighted by Crippen LogP contribution is 2.24. The summed E-state index contributed by atoms with van der Waals surface area (Å²) in [6.07, 6.45) is 2.90. The molecule has 0 bridgehead atoms. The molecule has 20 heavy (non-hydrogen) atoms. The lowest BCUT2D eigenvalue weighted by molar-refractivity contribution is 0.0923. The van der Waals surface area contributed by atoms with Crippen molar-refractivity contribution >= 4 is 5.91 Å². The van der Waals surface area contributed by atoms with E-state index >= 15 is 0 Å². The van der Waals surface area contributed by atoms with Crippen molar-refractivity contribution in [3.05, 3.63) is 60.6 Å². The summed E-state index contributed by atoms with van der Waals surface area (Å²) in [5.74, 6) is 0.590. The molecule has 0 spiro atoms. The number of benzene rings is 1. The number of H-pyrrole nitrogens is 1. The fraction of sp³-hybridized carbons (Fsp3) is 0.0714. The second-order valence-electron chi connectivity index (χ2n) is 4.14. The maximum Gasteiger partial charge on any atom is 0.288 e. The third-order valence-electron chi connectivity index (χ3n) is 2.84. The molecule has 100 valence electrons. The number of aromatic nitrogens is 3. The van der Waals surface area contributed by atoms with E-state index in [9.17, 15) is 4.79 Å². The molecule has 2 heterocycles. The SMILES string of the molecule is O=C(NCc1ncn[nH]1)c1occc1-c1ccccc1. The number of nitrogens with one attached hydrogen (secondary N) is 2. The van der Waals surface area contributed by atoms with E-state index in [0.717, 1.165) is 11.1 Å². The number of aromatic amines is 1. The Labute approximate surface area is 114 Å². The molecule has 2 N–H and O–H groups in total. The Morgan fingerprint density at radius 1 is 1.25 bits per heavy atom. The molecule has 0 atom stereocenters. The Morgan fingerprint density at radius 2 is 2.10 bits per heavy atom. The van der Waals surface area contributed by atoms with Crippen LogP contribution in [-0.2, 0) is 6.54 Å². The molecule has 0 saturated heterocycles. The minimum Gasteiger partial charge on any atom is -0.459 e. The minimum atomic E-state index is -0.287. The van der Waals surface area contributed by atoms with E-state index in [-0.39, 0.29) is 18.2 Å². The normalized spacial score (nSPS) is 10.4. The number of carbonyl (C=O) groups excluding carboxylic acids is 1. The summed E-state index contributed by atoms with van der Waals surface area (Å²) in [5.41, 5.74) is 1.70. The zero-order valence-corrected chi connectivity index (χ0v) is 10.5. The summed E-state index contributed by atoms with van der Waals surface area (Å²) in [6.45, 7) is 0.272. The zero-order valence-electron chi connectivity index (χ0n) is 10.5. The molecule has 0 saturated carbocycles. The Balaban J connectivity index is 1.77. The summed E-state index contributed by atoms with van der Waals surface area (Å²) >= 11 is 0. The number of rotatable bonds is 4. The standard InChI is InChI=1S/C14H12N4O2/c19-14(15-8-12-16-9-17-18-12)13-11(6-7-20-13)10-4-2-1-3-5-10/h1-7,9H,8H2,(H,15,19)(H,16,17,18). The van der Waals surface area contributed by atoms with Crippen LogP contribution in [0.15, 0.2) is 53.4 Å². The van der Waals surface area contributed by atoms with Crippen LogP contribution >= 0.6 is 0 Å². The van der Waals surface area contributed by atoms with E-state index in [0.29, 0.717) is 5.82 Å². The lowest BCUT2D eigenvalue weighted by atomic mass is 10.1. The predicted octanol–water partition coefficient (Wildman–Crippen LogP) is 1.99. The number of carbonyl (C=O) groups is 1. The molecule has 1 aromatic carbocycles. The van der Waals surface area contributed by atoms with Crippen LogP contribution in [0.4, 0.5) is 0 Å². The second-order valence-corrected chi connectivity index (χ2v) is 4.14. The van der Waals surface area contributed by atoms with Crippen LogP contribution in [-0.4, -0.2) is 21.1 Å². The quantitative estimate of drug-likeness (QED) is 0.758. The number of hydrogen-bond acceptors (Lipinski definition) is 4. The third-order valence-corrected chi connectivity index (χ3v) is 2.84. The van der Waals surface area contributed by atoms with Crippen molar-refractivity contribution in [2.45, 2.75) is 6.54 Å². The molecular weight excluding hydrogens is 256 g/mol. The molecular formula is C14H12N4O2. The zero-order chi connectivity index (χ0) is 13.8. The van der Waals surface area contributed by atoms with Gasteiger partial charge in [-0.1, -0.05) is 30.3 Å². The number of hydrogen-bond donors (Lipinski definition) is 2. The summed E-state index contributed by atoms with van der Waals surface area (Å²) in [5, 5.41) is 9.13. The third kappa shape index (κ3) is 2.44. The van der Waals surface area contributed by atoms with Crippen LogP contribution in [0.5, 0.6) is 0 Å². The smallest absolute Gasteiger partial charge is 0.288 e. The number of furan rings is 1. The maximum absolute atomic E-state index is 12.1. The van der Waals surface area contributed by atoms with Crippen LogP contribution < -0.4 is 5.32 Å². The van der Waals surface area contributed by atoms with E-state index in [1.807, 2.05) is 30.3 Å². The van der Waals surface area contributed by atoms with Gasteiger partial charge in [-0.15, -0.1) is 0 Å². The molecule has 0 aliphatic rings. The molecule has 0 aliphatic heterocycles. The maximum atomic E-state index is 12.1. The highest BCUT2D eigenvalue weighted by atomic mass is 16.3. The van der Waals surface area contributed by atoms with E-state index in [1.165, 1.54) is 12.6 Å². The van der Waals surface area contributed by atoms with Gasteiger partial charge >= 0.3 is 0 Å². The first kappa shape index (κ1) is 12.2. The van der Waals surface area contributed by atoms with Crippen LogP contribution in [0.3, 0.4) is 0 Å².